The van der Waals surface area contributed by atoms with Crippen LogP contribution in [-0.4, -0.2) is 89.8 Å². The van der Waals surface area contributed by atoms with Crippen molar-refractivity contribution in [2.24, 2.45) is 17.3 Å². The van der Waals surface area contributed by atoms with Gasteiger partial charge in [0.2, 0.25) is 21.8 Å². The highest BCUT2D eigenvalue weighted by Crippen LogP contribution is 2.52. The Morgan fingerprint density at radius 2 is 1.72 bits per heavy atom. The van der Waals surface area contributed by atoms with Gasteiger partial charge >= 0.3 is 6.09 Å². The molecular formula is C46H59N5O9S. The summed E-state index contributed by atoms with van der Waals surface area (Å²) in [6.45, 7) is 14.4. The number of aromatic nitrogens is 1. The number of benzene rings is 2. The summed E-state index contributed by atoms with van der Waals surface area (Å²) >= 11 is 0. The van der Waals surface area contributed by atoms with Crippen LogP contribution >= 0.6 is 0 Å². The van der Waals surface area contributed by atoms with E-state index in [0.717, 1.165) is 24.8 Å². The van der Waals surface area contributed by atoms with Crippen LogP contribution in [0.25, 0.3) is 22.2 Å². The van der Waals surface area contributed by atoms with E-state index in [2.05, 4.69) is 21.9 Å². The molecule has 0 bridgehead atoms. The lowest BCUT2D eigenvalue weighted by molar-refractivity contribution is -0.143. The quantitative estimate of drug-likeness (QED) is 0.153. The number of amides is 4. The van der Waals surface area contributed by atoms with Crippen molar-refractivity contribution in [1.82, 2.24) is 25.2 Å². The second-order valence-corrected chi connectivity index (χ2v) is 21.4. The molecule has 4 fully saturated rings. The van der Waals surface area contributed by atoms with Crippen molar-refractivity contribution < 1.29 is 41.8 Å². The maximum absolute atomic E-state index is 14.8. The Morgan fingerprint density at radius 3 is 2.30 bits per heavy atom. The van der Waals surface area contributed by atoms with Gasteiger partial charge in [0.05, 0.1) is 29.6 Å². The highest BCUT2D eigenvalue weighted by Gasteiger charge is 2.64. The first-order valence-electron chi connectivity index (χ1n) is 21.2. The van der Waals surface area contributed by atoms with Gasteiger partial charge in [0.1, 0.15) is 40.8 Å². The average Bonchev–Trinajstić information content (AvgIpc) is 4.08. The Hall–Kier alpha value is -5.18. The molecule has 2 heterocycles. The van der Waals surface area contributed by atoms with Crippen LogP contribution in [0, 0.1) is 17.3 Å². The van der Waals surface area contributed by atoms with Gasteiger partial charge in [0.15, 0.2) is 0 Å². The molecule has 1 saturated heterocycles. The van der Waals surface area contributed by atoms with E-state index in [0.29, 0.717) is 53.3 Å². The number of ether oxygens (including phenoxy) is 3. The molecule has 3 aromatic rings. The summed E-state index contributed by atoms with van der Waals surface area (Å²) in [7, 11) is -2.48. The first kappa shape index (κ1) is 43.9. The average molecular weight is 858 g/mol. The monoisotopic (exact) mass is 857 g/mol. The van der Waals surface area contributed by atoms with E-state index in [9.17, 15) is 27.6 Å². The molecule has 4 aliphatic rings. The van der Waals surface area contributed by atoms with Gasteiger partial charge in [-0.15, -0.1) is 6.58 Å². The maximum atomic E-state index is 14.8. The third kappa shape index (κ3) is 9.22. The molecule has 2 aromatic carbocycles. The predicted molar refractivity (Wildman–Crippen MR) is 231 cm³/mol. The summed E-state index contributed by atoms with van der Waals surface area (Å²) < 4.78 is 46.7. The van der Waals surface area contributed by atoms with Crippen LogP contribution in [0.4, 0.5) is 4.79 Å². The Balaban J connectivity index is 1.20. The van der Waals surface area contributed by atoms with Gasteiger partial charge in [-0.05, 0) is 69.9 Å². The second-order valence-electron chi connectivity index (χ2n) is 19.3. The molecule has 3 aliphatic carbocycles. The number of fused-ring (bicyclic) bond motifs is 1. The van der Waals surface area contributed by atoms with Gasteiger partial charge in [0, 0.05) is 35.4 Å². The molecule has 3 saturated carbocycles. The Kier molecular flexibility index (Phi) is 11.7. The zero-order chi connectivity index (χ0) is 44.1. The first-order chi connectivity index (χ1) is 28.7. The van der Waals surface area contributed by atoms with Crippen LogP contribution in [0.5, 0.6) is 11.5 Å². The van der Waals surface area contributed by atoms with E-state index in [1.54, 1.807) is 60.8 Å². The van der Waals surface area contributed by atoms with Gasteiger partial charge in [-0.25, -0.2) is 18.2 Å². The first-order valence-corrected chi connectivity index (χ1v) is 22.7. The minimum atomic E-state index is -4.05. The number of carbonyl (C=O) groups is 4. The van der Waals surface area contributed by atoms with Crippen LogP contribution in [0.1, 0.15) is 92.9 Å². The number of sulfonamides is 1. The molecule has 4 amide bonds. The Bertz CT molecular complexity index is 2310. The van der Waals surface area contributed by atoms with Crippen molar-refractivity contribution in [3.8, 4) is 22.8 Å². The number of pyridine rings is 1. The number of carbonyl (C=O) groups excluding carboxylic acids is 4. The summed E-state index contributed by atoms with van der Waals surface area (Å²) in [5.41, 5.74) is -1.17. The minimum absolute atomic E-state index is 0.0147. The van der Waals surface area contributed by atoms with Crippen LogP contribution < -0.4 is 24.8 Å². The second kappa shape index (κ2) is 16.3. The lowest BCUT2D eigenvalue weighted by atomic mass is 9.81. The van der Waals surface area contributed by atoms with Crippen molar-refractivity contribution in [1.29, 1.82) is 0 Å². The van der Waals surface area contributed by atoms with Crippen molar-refractivity contribution in [3.63, 3.8) is 0 Å². The number of hydrogen-bond acceptors (Lipinski definition) is 10. The molecule has 0 radical (unpaired) electrons. The van der Waals surface area contributed by atoms with Gasteiger partial charge in [0.25, 0.3) is 5.91 Å². The van der Waals surface area contributed by atoms with Gasteiger partial charge < -0.3 is 29.7 Å². The third-order valence-corrected chi connectivity index (χ3v) is 14.7. The summed E-state index contributed by atoms with van der Waals surface area (Å²) in [4.78, 5) is 63.0. The molecule has 0 spiro atoms. The summed E-state index contributed by atoms with van der Waals surface area (Å²) in [6.07, 6.45) is 4.67. The van der Waals surface area contributed by atoms with E-state index in [4.69, 9.17) is 19.2 Å². The molecule has 14 nitrogen and oxygen atoms in total. The maximum Gasteiger partial charge on any atom is 0.408 e. The van der Waals surface area contributed by atoms with E-state index in [1.807, 2.05) is 42.5 Å². The number of hydrogen-bond donors (Lipinski definition) is 3. The summed E-state index contributed by atoms with van der Waals surface area (Å²) in [5.74, 6) is -1.18. The Labute approximate surface area is 358 Å². The highest BCUT2D eigenvalue weighted by atomic mass is 32.2. The van der Waals surface area contributed by atoms with Crippen LogP contribution in [0.3, 0.4) is 0 Å². The number of rotatable bonds is 14. The van der Waals surface area contributed by atoms with E-state index < -0.39 is 79.2 Å². The number of nitrogens with zero attached hydrogens (tertiary/aromatic N) is 2. The highest BCUT2D eigenvalue weighted by molar-refractivity contribution is 7.91. The molecule has 1 aliphatic heterocycles. The zero-order valence-corrected chi connectivity index (χ0v) is 37.0. The summed E-state index contributed by atoms with van der Waals surface area (Å²) in [6, 6.07) is 14.5. The lowest BCUT2D eigenvalue weighted by Crippen LogP contribution is -2.60. The number of methoxy groups -OCH3 is 1. The number of likely N-dealkylation sites (tertiary alicyclic amines) is 1. The van der Waals surface area contributed by atoms with Gasteiger partial charge in [-0.2, -0.15) is 0 Å². The SMILES string of the molecule is C=C[C@@H]1C[C@]1(NC(=O)[C@@H]1C[C@@H](Oc2cc(-c3ccccc3)nc3cc(OC)ccc23)CN1C(=O)[C@@H](NC(=O)OC(C)(C)C)C(C)(C)C)C(=O)NS(=O)(=O)C1(CC2CCC2)CC1. The molecule has 3 N–H and O–H groups in total. The number of nitrogens with one attached hydrogen (secondary N) is 3. The van der Waals surface area contributed by atoms with E-state index in [-0.39, 0.29) is 19.4 Å². The van der Waals surface area contributed by atoms with E-state index >= 15 is 0 Å². The van der Waals surface area contributed by atoms with Crippen molar-refractivity contribution in [2.45, 2.75) is 127 Å². The molecule has 328 valence electrons. The molecule has 0 unspecified atom stereocenters. The largest absolute Gasteiger partial charge is 0.497 e. The molecule has 15 heteroatoms. The topological polar surface area (TPSA) is 182 Å². The molecule has 5 atom stereocenters. The predicted octanol–water partition coefficient (Wildman–Crippen LogP) is 6.43. The van der Waals surface area contributed by atoms with Crippen LogP contribution in [-0.2, 0) is 29.1 Å². The molecule has 7 rings (SSSR count). The number of alkyl carbamates (subject to hydrolysis) is 1. The van der Waals surface area contributed by atoms with Crippen molar-refractivity contribution in [3.05, 3.63) is 67.3 Å². The molecule has 61 heavy (non-hydrogen) atoms. The Morgan fingerprint density at radius 1 is 1.02 bits per heavy atom. The zero-order valence-electron chi connectivity index (χ0n) is 36.2. The normalized spacial score (nSPS) is 23.9. The minimum Gasteiger partial charge on any atom is -0.497 e. The fraction of sp³-hybridized carbons (Fsp3) is 0.543. The fourth-order valence-corrected chi connectivity index (χ4v) is 10.3. The van der Waals surface area contributed by atoms with Crippen molar-refractivity contribution >= 4 is 44.7 Å². The van der Waals surface area contributed by atoms with Crippen LogP contribution in [0.2, 0.25) is 0 Å². The molecule has 1 aromatic heterocycles. The van der Waals surface area contributed by atoms with Gasteiger partial charge in [-0.1, -0.05) is 76.4 Å². The lowest BCUT2D eigenvalue weighted by Gasteiger charge is -2.36. The standard InChI is InChI=1S/C46H59N5O9S/c1-9-30-26-46(30,41(54)50-61(56,57)45(20-21-45)25-28-14-13-15-28)49-39(52)36-23-32(27-51(36)40(53)38(43(2,3)4)48-42(55)60-44(5,6)7)59-37-24-34(29-16-11-10-12-17-29)47-35-22-31(58-8)18-19-33(35)37/h9-12,16-19,22,24,28,30,32,36,38H,1,13-15,20-21,23,25-27H2,2-8H3,(H,48,55)(H,49,52)(H,50,54)/t30-,32-,36+,38-,46-/m1/s1. The fourth-order valence-electron chi connectivity index (χ4n) is 8.56. The molecular weight excluding hydrogens is 799 g/mol. The van der Waals surface area contributed by atoms with Crippen molar-refractivity contribution in [2.75, 3.05) is 13.7 Å². The summed E-state index contributed by atoms with van der Waals surface area (Å²) in [5, 5.41) is 6.32. The van der Waals surface area contributed by atoms with Gasteiger partial charge in [-0.3, -0.25) is 19.1 Å². The van der Waals surface area contributed by atoms with E-state index in [1.165, 1.54) is 11.0 Å². The third-order valence-electron chi connectivity index (χ3n) is 12.5. The van der Waals surface area contributed by atoms with Crippen LogP contribution in [0.15, 0.2) is 67.3 Å². The smallest absolute Gasteiger partial charge is 0.408 e.